The Kier molecular flexibility index (Phi) is 2.53. The topological polar surface area (TPSA) is 20.3 Å². The van der Waals surface area contributed by atoms with Crippen molar-refractivity contribution in [3.05, 3.63) is 36.9 Å². The average Bonchev–Trinajstić information content (AvgIpc) is 2.46. The van der Waals surface area contributed by atoms with Gasteiger partial charge in [0.2, 0.25) is 0 Å². The summed E-state index contributed by atoms with van der Waals surface area (Å²) in [5.74, 6) is 0. The lowest BCUT2D eigenvalue weighted by Gasteiger charge is -2.06. The molecule has 0 N–H and O–H groups in total. The van der Waals surface area contributed by atoms with Gasteiger partial charge in [-0.15, -0.1) is 6.58 Å². The van der Waals surface area contributed by atoms with E-state index < -0.39 is 11.0 Å². The van der Waals surface area contributed by atoms with Crippen molar-refractivity contribution in [3.8, 4) is 0 Å². The second kappa shape index (κ2) is 3.65. The van der Waals surface area contributed by atoms with E-state index in [4.69, 9.17) is 0 Å². The monoisotopic (exact) mass is 211 g/mol. The van der Waals surface area contributed by atoms with Crippen molar-refractivity contribution < 1.29 is 4.21 Å². The summed E-state index contributed by atoms with van der Waals surface area (Å²) in [4.78, 5) is 2.00. The summed E-state index contributed by atoms with van der Waals surface area (Å²) in [6, 6.07) is 7.76. The van der Waals surface area contributed by atoms with Crippen LogP contribution in [-0.2, 0) is 11.0 Å². The highest BCUT2D eigenvalue weighted by Gasteiger charge is 2.26. The first-order valence-corrected chi connectivity index (χ1v) is 5.78. The lowest BCUT2D eigenvalue weighted by Crippen LogP contribution is -2.12. The highest BCUT2D eigenvalue weighted by Crippen LogP contribution is 2.38. The Balaban J connectivity index is 2.32. The largest absolute Gasteiger partial charge is 0.236 e. The molecule has 13 heavy (non-hydrogen) atoms. The Labute approximate surface area is 84.4 Å². The molecule has 1 aromatic carbocycles. The minimum absolute atomic E-state index is 0.645. The van der Waals surface area contributed by atoms with Crippen molar-refractivity contribution in [3.63, 3.8) is 0 Å². The fourth-order valence-corrected chi connectivity index (χ4v) is 3.80. The fraction of sp³-hybridized carbons (Fsp3) is 0.111. The van der Waals surface area contributed by atoms with Crippen molar-refractivity contribution in [2.24, 2.45) is 0 Å². The van der Waals surface area contributed by atoms with E-state index >= 15 is 0 Å². The number of hydrogen-bond donors (Lipinski definition) is 0. The molecule has 0 saturated carbocycles. The molecule has 1 aliphatic heterocycles. The summed E-state index contributed by atoms with van der Waals surface area (Å²) in [7, 11) is -1.01. The van der Waals surface area contributed by atoms with Gasteiger partial charge in [0, 0.05) is 11.4 Å². The number of rotatable bonds is 2. The van der Waals surface area contributed by atoms with Gasteiger partial charge < -0.3 is 0 Å². The van der Waals surface area contributed by atoms with Gasteiger partial charge in [0.25, 0.3) is 0 Å². The van der Waals surface area contributed by atoms with Crippen LogP contribution in [0.4, 0.5) is 0 Å². The van der Waals surface area contributed by atoms with Crippen LogP contribution in [0.2, 0.25) is 0 Å². The van der Waals surface area contributed by atoms with E-state index in [1.165, 1.54) is 11.9 Å². The van der Waals surface area contributed by atoms with E-state index in [0.717, 1.165) is 9.79 Å². The van der Waals surface area contributed by atoms with Gasteiger partial charge in [0.15, 0.2) is 0 Å². The molecular formula is C9H9NOS2. The lowest BCUT2D eigenvalue weighted by molar-refractivity contribution is 0.652. The minimum atomic E-state index is -1.01. The first-order valence-electron chi connectivity index (χ1n) is 3.90. The van der Waals surface area contributed by atoms with Crippen molar-refractivity contribution in [1.29, 1.82) is 0 Å². The summed E-state index contributed by atoms with van der Waals surface area (Å²) in [6.45, 7) is 4.28. The van der Waals surface area contributed by atoms with Crippen LogP contribution in [0.5, 0.6) is 0 Å². The molecule has 4 heteroatoms. The predicted molar refractivity (Wildman–Crippen MR) is 55.6 cm³/mol. The van der Waals surface area contributed by atoms with Crippen LogP contribution in [0.1, 0.15) is 0 Å². The van der Waals surface area contributed by atoms with Gasteiger partial charge in [-0.1, -0.05) is 18.2 Å². The fourth-order valence-electron chi connectivity index (χ4n) is 1.13. The van der Waals surface area contributed by atoms with Crippen LogP contribution in [0.15, 0.2) is 46.7 Å². The maximum atomic E-state index is 11.8. The Morgan fingerprint density at radius 2 is 2.31 bits per heavy atom. The van der Waals surface area contributed by atoms with E-state index in [0.29, 0.717) is 6.54 Å². The van der Waals surface area contributed by atoms with Crippen molar-refractivity contribution in [2.45, 2.75) is 9.79 Å². The molecule has 0 aromatic heterocycles. The molecule has 0 radical (unpaired) electrons. The lowest BCUT2D eigenvalue weighted by atomic mass is 10.4. The summed E-state index contributed by atoms with van der Waals surface area (Å²) >= 11 is 1.53. The number of hydrogen-bond acceptors (Lipinski definition) is 2. The third-order valence-corrected chi connectivity index (χ3v) is 4.62. The third kappa shape index (κ3) is 1.57. The average molecular weight is 211 g/mol. The molecule has 2 nitrogen and oxygen atoms in total. The van der Waals surface area contributed by atoms with Gasteiger partial charge in [-0.3, -0.25) is 0 Å². The van der Waals surface area contributed by atoms with Crippen LogP contribution in [-0.4, -0.2) is 14.5 Å². The third-order valence-electron chi connectivity index (χ3n) is 1.70. The normalized spacial score (nSPS) is 21.4. The predicted octanol–water partition coefficient (Wildman–Crippen LogP) is 2.22. The summed E-state index contributed by atoms with van der Waals surface area (Å²) in [6.07, 6.45) is 1.76. The zero-order valence-electron chi connectivity index (χ0n) is 6.97. The zero-order valence-corrected chi connectivity index (χ0v) is 8.61. The summed E-state index contributed by atoms with van der Waals surface area (Å²) < 4.78 is 13.6. The number of nitrogens with zero attached hydrogens (tertiary/aromatic N) is 1. The Hall–Kier alpha value is -0.580. The Morgan fingerprint density at radius 3 is 3.00 bits per heavy atom. The second-order valence-corrected chi connectivity index (χ2v) is 5.26. The zero-order chi connectivity index (χ0) is 9.26. The first-order chi connectivity index (χ1) is 6.33. The van der Waals surface area contributed by atoms with Crippen LogP contribution in [0, 0.1) is 0 Å². The number of fused-ring (bicyclic) bond motifs is 1. The van der Waals surface area contributed by atoms with Gasteiger partial charge >= 0.3 is 0 Å². The molecule has 0 aliphatic carbocycles. The van der Waals surface area contributed by atoms with Crippen molar-refractivity contribution in [2.75, 3.05) is 6.54 Å². The van der Waals surface area contributed by atoms with E-state index in [1.54, 1.807) is 6.08 Å². The molecule has 1 aliphatic rings. The standard InChI is InChI=1S/C9H9NOS2/c1-2-7-10-12-8-5-3-4-6-9(8)13(10)11/h2-6H,1,7H2. The van der Waals surface area contributed by atoms with E-state index in [-0.39, 0.29) is 0 Å². The van der Waals surface area contributed by atoms with E-state index in [9.17, 15) is 4.21 Å². The molecule has 1 heterocycles. The molecule has 1 atom stereocenters. The van der Waals surface area contributed by atoms with E-state index in [1.807, 2.05) is 28.0 Å². The van der Waals surface area contributed by atoms with Gasteiger partial charge in [0.1, 0.15) is 11.0 Å². The SMILES string of the molecule is C=CCN1Sc2ccccc2S1=O. The van der Waals surface area contributed by atoms with Crippen molar-refractivity contribution >= 4 is 22.9 Å². The minimum Gasteiger partial charge on any atom is -0.236 e. The van der Waals surface area contributed by atoms with Gasteiger partial charge in [0.05, 0.1) is 4.90 Å². The molecule has 68 valence electrons. The molecule has 0 saturated heterocycles. The van der Waals surface area contributed by atoms with Crippen molar-refractivity contribution in [1.82, 2.24) is 3.71 Å². The highest BCUT2D eigenvalue weighted by atomic mass is 32.2. The highest BCUT2D eigenvalue weighted by molar-refractivity contribution is 8.08. The smallest absolute Gasteiger partial charge is 0.139 e. The first kappa shape index (κ1) is 8.99. The van der Waals surface area contributed by atoms with Crippen LogP contribution < -0.4 is 0 Å². The summed E-state index contributed by atoms with van der Waals surface area (Å²) in [5.41, 5.74) is 0. The maximum absolute atomic E-state index is 11.8. The number of benzene rings is 1. The van der Waals surface area contributed by atoms with Gasteiger partial charge in [-0.05, 0) is 24.1 Å². The van der Waals surface area contributed by atoms with E-state index in [2.05, 4.69) is 6.58 Å². The molecular weight excluding hydrogens is 202 g/mol. The Morgan fingerprint density at radius 1 is 1.54 bits per heavy atom. The molecule has 0 amide bonds. The van der Waals surface area contributed by atoms with Gasteiger partial charge in [-0.25, -0.2) is 4.21 Å². The molecule has 2 rings (SSSR count). The molecule has 1 unspecified atom stereocenters. The molecule has 0 spiro atoms. The molecule has 0 fully saturated rings. The summed E-state index contributed by atoms with van der Waals surface area (Å²) in [5, 5.41) is 0. The van der Waals surface area contributed by atoms with Crippen LogP contribution in [0.25, 0.3) is 0 Å². The quantitative estimate of drug-likeness (QED) is 0.552. The maximum Gasteiger partial charge on any atom is 0.139 e. The molecule has 0 bridgehead atoms. The Bertz CT molecular complexity index is 364. The van der Waals surface area contributed by atoms with Crippen LogP contribution in [0.3, 0.4) is 0 Å². The van der Waals surface area contributed by atoms with Gasteiger partial charge in [-0.2, -0.15) is 3.71 Å². The van der Waals surface area contributed by atoms with Crippen LogP contribution >= 0.6 is 11.9 Å². The second-order valence-electron chi connectivity index (χ2n) is 2.59. The molecule has 1 aromatic rings.